The number of allylic oxidation sites excluding steroid dienone is 4. The predicted molar refractivity (Wildman–Crippen MR) is 192 cm³/mol. The monoisotopic (exact) mass is 660 g/mol. The van der Waals surface area contributed by atoms with E-state index in [0.29, 0.717) is 19.8 Å². The molecule has 3 N–H and O–H groups in total. The summed E-state index contributed by atoms with van der Waals surface area (Å²) in [6.45, 7) is 6.19. The quantitative estimate of drug-likeness (QED) is 0.0389. The molecule has 0 heterocycles. The van der Waals surface area contributed by atoms with Gasteiger partial charge in [-0.15, -0.1) is 0 Å². The average Bonchev–Trinajstić information content (AvgIpc) is 3.03. The molecule has 0 bridgehead atoms. The van der Waals surface area contributed by atoms with Gasteiger partial charge in [-0.1, -0.05) is 128 Å². The zero-order valence-corrected chi connectivity index (χ0v) is 30.5. The Morgan fingerprint density at radius 2 is 0.978 bits per heavy atom. The highest BCUT2D eigenvalue weighted by molar-refractivity contribution is 7.47. The lowest BCUT2D eigenvalue weighted by molar-refractivity contribution is -0.0443. The van der Waals surface area contributed by atoms with Crippen LogP contribution < -0.4 is 5.73 Å². The van der Waals surface area contributed by atoms with Crippen molar-refractivity contribution in [2.45, 2.75) is 174 Å². The molecular weight excluding hydrogens is 585 g/mol. The first-order valence-electron chi connectivity index (χ1n) is 18.9. The molecule has 1 unspecified atom stereocenters. The van der Waals surface area contributed by atoms with E-state index in [1.165, 1.54) is 128 Å². The zero-order chi connectivity index (χ0) is 32.9. The Kier molecular flexibility index (Phi) is 35.9. The second kappa shape index (κ2) is 36.3. The first kappa shape index (κ1) is 44.5. The number of nitrogens with two attached hydrogens (primary N) is 1. The van der Waals surface area contributed by atoms with E-state index in [9.17, 15) is 9.46 Å². The summed E-state index contributed by atoms with van der Waals surface area (Å²) in [6, 6.07) is 0. The van der Waals surface area contributed by atoms with E-state index >= 15 is 0 Å². The summed E-state index contributed by atoms with van der Waals surface area (Å²) < 4.78 is 34.0. The molecule has 7 nitrogen and oxygen atoms in total. The summed E-state index contributed by atoms with van der Waals surface area (Å²) in [5, 5.41) is 0. The molecule has 0 fully saturated rings. The molecule has 45 heavy (non-hydrogen) atoms. The standard InChI is InChI=1S/C37H74NO6P/c1-3-5-7-9-11-13-15-17-19-21-23-25-27-29-32-41-35-37(36-44-45(39,40)43-34-31-38)42-33-30-28-26-24-22-20-18-16-14-12-10-8-6-4-2/h13-16,37H,3-12,17-36,38H2,1-2H3,(H,39,40)/t37-/m1/s1. The van der Waals surface area contributed by atoms with Crippen molar-refractivity contribution in [3.8, 4) is 0 Å². The Balaban J connectivity index is 3.97. The Morgan fingerprint density at radius 3 is 1.44 bits per heavy atom. The lowest BCUT2D eigenvalue weighted by Gasteiger charge is -2.20. The van der Waals surface area contributed by atoms with Crippen LogP contribution >= 0.6 is 7.82 Å². The third-order valence-electron chi connectivity index (χ3n) is 7.91. The third kappa shape index (κ3) is 36.2. The zero-order valence-electron chi connectivity index (χ0n) is 29.6. The number of phosphoric acid groups is 1. The maximum Gasteiger partial charge on any atom is 0.472 e. The van der Waals surface area contributed by atoms with Gasteiger partial charge in [0.25, 0.3) is 0 Å². The summed E-state index contributed by atoms with van der Waals surface area (Å²) in [7, 11) is -4.14. The highest BCUT2D eigenvalue weighted by atomic mass is 31.2. The molecule has 0 rings (SSSR count). The van der Waals surface area contributed by atoms with Crippen molar-refractivity contribution in [2.75, 3.05) is 39.6 Å². The van der Waals surface area contributed by atoms with Crippen molar-refractivity contribution in [3.05, 3.63) is 24.3 Å². The van der Waals surface area contributed by atoms with E-state index in [2.05, 4.69) is 38.2 Å². The predicted octanol–water partition coefficient (Wildman–Crippen LogP) is 11.0. The first-order chi connectivity index (χ1) is 22.1. The average molecular weight is 660 g/mol. The molecule has 0 spiro atoms. The van der Waals surface area contributed by atoms with E-state index in [4.69, 9.17) is 24.3 Å². The molecular formula is C37H74NO6P. The van der Waals surface area contributed by atoms with Crippen LogP contribution in [0.25, 0.3) is 0 Å². The molecule has 0 amide bonds. The molecule has 0 aliphatic rings. The second-order valence-electron chi connectivity index (χ2n) is 12.4. The minimum atomic E-state index is -4.14. The maximum absolute atomic E-state index is 12.1. The molecule has 268 valence electrons. The van der Waals surface area contributed by atoms with Gasteiger partial charge in [0.05, 0.1) is 19.8 Å². The fourth-order valence-corrected chi connectivity index (χ4v) is 5.85. The van der Waals surface area contributed by atoms with Crippen LogP contribution in [-0.4, -0.2) is 50.6 Å². The lowest BCUT2D eigenvalue weighted by Crippen LogP contribution is -2.26. The molecule has 0 aliphatic carbocycles. The highest BCUT2D eigenvalue weighted by Gasteiger charge is 2.23. The van der Waals surface area contributed by atoms with Crippen molar-refractivity contribution in [2.24, 2.45) is 5.73 Å². The molecule has 0 aliphatic heterocycles. The molecule has 0 radical (unpaired) electrons. The Morgan fingerprint density at radius 1 is 0.556 bits per heavy atom. The number of unbranched alkanes of at least 4 members (excludes halogenated alkanes) is 20. The Labute approximate surface area is 279 Å². The van der Waals surface area contributed by atoms with Crippen molar-refractivity contribution >= 4 is 7.82 Å². The van der Waals surface area contributed by atoms with Crippen LogP contribution in [-0.2, 0) is 23.1 Å². The fraction of sp³-hybridized carbons (Fsp3) is 0.892. The van der Waals surface area contributed by atoms with Crippen LogP contribution in [0.1, 0.15) is 168 Å². The summed E-state index contributed by atoms with van der Waals surface area (Å²) in [4.78, 5) is 9.86. The number of ether oxygens (including phenoxy) is 2. The van der Waals surface area contributed by atoms with E-state index in [1.54, 1.807) is 0 Å². The van der Waals surface area contributed by atoms with Crippen LogP contribution in [0.5, 0.6) is 0 Å². The van der Waals surface area contributed by atoms with E-state index < -0.39 is 13.9 Å². The second-order valence-corrected chi connectivity index (χ2v) is 13.9. The van der Waals surface area contributed by atoms with Crippen molar-refractivity contribution < 1.29 is 28.0 Å². The summed E-state index contributed by atoms with van der Waals surface area (Å²) in [5.74, 6) is 0. The van der Waals surface area contributed by atoms with Gasteiger partial charge in [0.1, 0.15) is 6.10 Å². The van der Waals surface area contributed by atoms with Gasteiger partial charge in [0.15, 0.2) is 0 Å². The van der Waals surface area contributed by atoms with Gasteiger partial charge < -0.3 is 20.1 Å². The molecule has 0 saturated heterocycles. The van der Waals surface area contributed by atoms with E-state index in [-0.39, 0.29) is 19.8 Å². The fourth-order valence-electron chi connectivity index (χ4n) is 5.09. The van der Waals surface area contributed by atoms with Crippen molar-refractivity contribution in [3.63, 3.8) is 0 Å². The van der Waals surface area contributed by atoms with Gasteiger partial charge in [0, 0.05) is 19.8 Å². The van der Waals surface area contributed by atoms with Gasteiger partial charge in [-0.2, -0.15) is 0 Å². The number of rotatable bonds is 37. The largest absolute Gasteiger partial charge is 0.472 e. The first-order valence-corrected chi connectivity index (χ1v) is 20.4. The van der Waals surface area contributed by atoms with Gasteiger partial charge >= 0.3 is 7.82 Å². The molecule has 0 aromatic heterocycles. The van der Waals surface area contributed by atoms with Crippen LogP contribution in [0.3, 0.4) is 0 Å². The Hall–Kier alpha value is -0.530. The SMILES string of the molecule is CCCCCCC=CCCCCCCCCOC[C@H](COP(=O)(O)OCCN)OCCCCCCCCC=CCCCCCC. The minimum absolute atomic E-state index is 0.0268. The Bertz CT molecular complexity index is 690. The maximum atomic E-state index is 12.1. The minimum Gasteiger partial charge on any atom is -0.379 e. The van der Waals surface area contributed by atoms with Crippen LogP contribution in [0, 0.1) is 0 Å². The van der Waals surface area contributed by atoms with E-state index in [0.717, 1.165) is 25.7 Å². The smallest absolute Gasteiger partial charge is 0.379 e. The van der Waals surface area contributed by atoms with Crippen molar-refractivity contribution in [1.82, 2.24) is 0 Å². The summed E-state index contributed by atoms with van der Waals surface area (Å²) in [6.07, 6.45) is 38.9. The van der Waals surface area contributed by atoms with Crippen LogP contribution in [0.15, 0.2) is 24.3 Å². The number of hydrogen-bond donors (Lipinski definition) is 2. The van der Waals surface area contributed by atoms with Gasteiger partial charge in [-0.3, -0.25) is 9.05 Å². The van der Waals surface area contributed by atoms with Gasteiger partial charge in [-0.25, -0.2) is 4.57 Å². The summed E-state index contributed by atoms with van der Waals surface area (Å²) >= 11 is 0. The van der Waals surface area contributed by atoms with Crippen LogP contribution in [0.2, 0.25) is 0 Å². The third-order valence-corrected chi connectivity index (χ3v) is 8.89. The topological polar surface area (TPSA) is 100 Å². The molecule has 8 heteroatoms. The molecule has 0 saturated carbocycles. The molecule has 0 aromatic carbocycles. The normalized spacial score (nSPS) is 14.1. The van der Waals surface area contributed by atoms with E-state index in [1.807, 2.05) is 0 Å². The molecule has 2 atom stereocenters. The summed E-state index contributed by atoms with van der Waals surface area (Å²) in [5.41, 5.74) is 5.37. The number of hydrogen-bond acceptors (Lipinski definition) is 6. The lowest BCUT2D eigenvalue weighted by atomic mass is 10.1. The molecule has 0 aromatic rings. The van der Waals surface area contributed by atoms with Crippen LogP contribution in [0.4, 0.5) is 0 Å². The number of phosphoric ester groups is 1. The van der Waals surface area contributed by atoms with Gasteiger partial charge in [0.2, 0.25) is 0 Å². The van der Waals surface area contributed by atoms with Crippen molar-refractivity contribution in [1.29, 1.82) is 0 Å². The van der Waals surface area contributed by atoms with Gasteiger partial charge in [-0.05, 0) is 64.2 Å². The highest BCUT2D eigenvalue weighted by Crippen LogP contribution is 2.43.